The van der Waals surface area contributed by atoms with Gasteiger partial charge in [-0.1, -0.05) is 19.1 Å². The first-order valence-corrected chi connectivity index (χ1v) is 6.30. The number of hydrogen-bond acceptors (Lipinski definition) is 2. The molecule has 0 aromatic heterocycles. The molecule has 1 aromatic rings. The van der Waals surface area contributed by atoms with Crippen molar-refractivity contribution in [2.45, 2.75) is 32.4 Å². The second-order valence-corrected chi connectivity index (χ2v) is 4.97. The summed E-state index contributed by atoms with van der Waals surface area (Å²) in [4.78, 5) is 2.27. The van der Waals surface area contributed by atoms with Crippen LogP contribution < -0.4 is 0 Å². The molecule has 1 aliphatic heterocycles. The molecule has 2 unspecified atom stereocenters. The van der Waals surface area contributed by atoms with Crippen LogP contribution in [0.3, 0.4) is 0 Å². The first-order chi connectivity index (χ1) is 8.20. The molecule has 0 saturated carbocycles. The minimum absolute atomic E-state index is 0.187. The van der Waals surface area contributed by atoms with Crippen molar-refractivity contribution in [2.24, 2.45) is 5.92 Å². The summed E-state index contributed by atoms with van der Waals surface area (Å²) >= 11 is 0. The van der Waals surface area contributed by atoms with Crippen LogP contribution >= 0.6 is 0 Å². The van der Waals surface area contributed by atoms with Crippen LogP contribution in [0.25, 0.3) is 0 Å². The fraction of sp³-hybridized carbons (Fsp3) is 0.571. The second kappa shape index (κ2) is 5.61. The molecule has 1 aromatic carbocycles. The lowest BCUT2D eigenvalue weighted by molar-refractivity contribution is 0.0472. The summed E-state index contributed by atoms with van der Waals surface area (Å²) in [7, 11) is 0. The lowest BCUT2D eigenvalue weighted by atomic mass is 9.91. The molecule has 2 nitrogen and oxygen atoms in total. The van der Waals surface area contributed by atoms with Crippen molar-refractivity contribution in [3.63, 3.8) is 0 Å². The van der Waals surface area contributed by atoms with Crippen LogP contribution in [0, 0.1) is 11.7 Å². The zero-order valence-electron chi connectivity index (χ0n) is 10.3. The van der Waals surface area contributed by atoms with Gasteiger partial charge in [0.15, 0.2) is 0 Å². The van der Waals surface area contributed by atoms with Gasteiger partial charge in [-0.3, -0.25) is 4.90 Å². The Kier molecular flexibility index (Phi) is 4.13. The number of piperidine rings is 1. The summed E-state index contributed by atoms with van der Waals surface area (Å²) < 4.78 is 13.1. The number of benzene rings is 1. The van der Waals surface area contributed by atoms with Crippen LogP contribution in [0.1, 0.15) is 25.3 Å². The monoisotopic (exact) mass is 237 g/mol. The van der Waals surface area contributed by atoms with Crippen molar-refractivity contribution in [1.29, 1.82) is 0 Å². The van der Waals surface area contributed by atoms with Gasteiger partial charge in [0.2, 0.25) is 0 Å². The molecule has 1 saturated heterocycles. The van der Waals surface area contributed by atoms with Gasteiger partial charge >= 0.3 is 0 Å². The first-order valence-electron chi connectivity index (χ1n) is 6.30. The van der Waals surface area contributed by atoms with Crippen LogP contribution in [0.2, 0.25) is 0 Å². The SMILES string of the molecule is CC1CCCN(Cc2cccc(F)c2)C1CO. The third-order valence-corrected chi connectivity index (χ3v) is 3.69. The fourth-order valence-corrected chi connectivity index (χ4v) is 2.70. The van der Waals surface area contributed by atoms with Gasteiger partial charge in [0.1, 0.15) is 5.82 Å². The predicted molar refractivity (Wildman–Crippen MR) is 66.1 cm³/mol. The van der Waals surface area contributed by atoms with Crippen molar-refractivity contribution >= 4 is 0 Å². The highest BCUT2D eigenvalue weighted by atomic mass is 19.1. The Morgan fingerprint density at radius 1 is 1.47 bits per heavy atom. The Hall–Kier alpha value is -0.930. The average molecular weight is 237 g/mol. The summed E-state index contributed by atoms with van der Waals surface area (Å²) in [6, 6.07) is 6.94. The van der Waals surface area contributed by atoms with E-state index >= 15 is 0 Å². The molecule has 2 rings (SSSR count). The maximum atomic E-state index is 13.1. The zero-order chi connectivity index (χ0) is 12.3. The summed E-state index contributed by atoms with van der Waals surface area (Å²) in [6.07, 6.45) is 2.33. The van der Waals surface area contributed by atoms with E-state index in [1.54, 1.807) is 12.1 Å². The minimum Gasteiger partial charge on any atom is -0.395 e. The third kappa shape index (κ3) is 3.05. The number of nitrogens with zero attached hydrogens (tertiary/aromatic N) is 1. The van der Waals surface area contributed by atoms with Gasteiger partial charge in [-0.2, -0.15) is 0 Å². The van der Waals surface area contributed by atoms with E-state index in [-0.39, 0.29) is 18.5 Å². The Morgan fingerprint density at radius 2 is 2.29 bits per heavy atom. The number of halogens is 1. The summed E-state index contributed by atoms with van der Waals surface area (Å²) in [5.74, 6) is 0.329. The van der Waals surface area contributed by atoms with E-state index < -0.39 is 0 Å². The van der Waals surface area contributed by atoms with Gasteiger partial charge in [0.05, 0.1) is 6.61 Å². The Labute approximate surface area is 102 Å². The number of rotatable bonds is 3. The van der Waals surface area contributed by atoms with E-state index in [1.165, 1.54) is 12.5 Å². The smallest absolute Gasteiger partial charge is 0.123 e. The molecule has 1 fully saturated rings. The quantitative estimate of drug-likeness (QED) is 0.872. The highest BCUT2D eigenvalue weighted by Gasteiger charge is 2.27. The van der Waals surface area contributed by atoms with Crippen molar-refractivity contribution in [3.8, 4) is 0 Å². The Morgan fingerprint density at radius 3 is 3.00 bits per heavy atom. The van der Waals surface area contributed by atoms with Crippen molar-refractivity contribution < 1.29 is 9.50 Å². The number of aliphatic hydroxyl groups excluding tert-OH is 1. The minimum atomic E-state index is -0.187. The van der Waals surface area contributed by atoms with Crippen LogP contribution in [-0.4, -0.2) is 29.2 Å². The third-order valence-electron chi connectivity index (χ3n) is 3.69. The molecule has 3 heteroatoms. The van der Waals surface area contributed by atoms with Gasteiger partial charge in [-0.15, -0.1) is 0 Å². The fourth-order valence-electron chi connectivity index (χ4n) is 2.70. The molecule has 0 amide bonds. The Bertz CT molecular complexity index is 369. The van der Waals surface area contributed by atoms with Crippen LogP contribution in [0.5, 0.6) is 0 Å². The molecular formula is C14H20FNO. The van der Waals surface area contributed by atoms with E-state index in [4.69, 9.17) is 0 Å². The Balaban J connectivity index is 2.06. The lowest BCUT2D eigenvalue weighted by Crippen LogP contribution is -2.45. The zero-order valence-corrected chi connectivity index (χ0v) is 10.3. The molecule has 1 N–H and O–H groups in total. The van der Waals surface area contributed by atoms with Gasteiger partial charge < -0.3 is 5.11 Å². The van der Waals surface area contributed by atoms with E-state index in [0.29, 0.717) is 5.92 Å². The molecule has 0 aliphatic carbocycles. The van der Waals surface area contributed by atoms with E-state index in [1.807, 2.05) is 6.07 Å². The van der Waals surface area contributed by atoms with Gasteiger partial charge in [0, 0.05) is 12.6 Å². The van der Waals surface area contributed by atoms with Crippen molar-refractivity contribution in [3.05, 3.63) is 35.6 Å². The summed E-state index contributed by atoms with van der Waals surface area (Å²) in [5, 5.41) is 9.45. The molecular weight excluding hydrogens is 217 g/mol. The predicted octanol–water partition coefficient (Wildman–Crippen LogP) is 2.42. The van der Waals surface area contributed by atoms with Crippen LogP contribution in [0.15, 0.2) is 24.3 Å². The van der Waals surface area contributed by atoms with Gasteiger partial charge in [-0.05, 0) is 43.0 Å². The van der Waals surface area contributed by atoms with Crippen LogP contribution in [-0.2, 0) is 6.54 Å². The largest absolute Gasteiger partial charge is 0.395 e. The molecule has 0 spiro atoms. The molecule has 17 heavy (non-hydrogen) atoms. The molecule has 0 bridgehead atoms. The second-order valence-electron chi connectivity index (χ2n) is 4.97. The molecule has 94 valence electrons. The number of likely N-dealkylation sites (tertiary alicyclic amines) is 1. The number of aliphatic hydroxyl groups is 1. The topological polar surface area (TPSA) is 23.5 Å². The molecule has 1 heterocycles. The van der Waals surface area contributed by atoms with Gasteiger partial charge in [0.25, 0.3) is 0 Å². The van der Waals surface area contributed by atoms with E-state index in [2.05, 4.69) is 11.8 Å². The van der Waals surface area contributed by atoms with Crippen LogP contribution in [0.4, 0.5) is 4.39 Å². The first kappa shape index (κ1) is 12.5. The summed E-state index contributed by atoms with van der Waals surface area (Å²) in [6.45, 7) is 4.09. The molecule has 1 aliphatic rings. The maximum Gasteiger partial charge on any atom is 0.123 e. The van der Waals surface area contributed by atoms with Crippen molar-refractivity contribution in [1.82, 2.24) is 4.90 Å². The average Bonchev–Trinajstić information content (AvgIpc) is 2.29. The number of hydrogen-bond donors (Lipinski definition) is 1. The normalized spacial score (nSPS) is 26.1. The van der Waals surface area contributed by atoms with E-state index in [9.17, 15) is 9.50 Å². The standard InChI is InChI=1S/C14H20FNO/c1-11-4-3-7-16(14(11)10-17)9-12-5-2-6-13(15)8-12/h2,5-6,8,11,14,17H,3-4,7,9-10H2,1H3. The van der Waals surface area contributed by atoms with E-state index in [0.717, 1.165) is 25.1 Å². The highest BCUT2D eigenvalue weighted by Crippen LogP contribution is 2.24. The van der Waals surface area contributed by atoms with Crippen molar-refractivity contribution in [2.75, 3.05) is 13.2 Å². The highest BCUT2D eigenvalue weighted by molar-refractivity contribution is 5.16. The molecule has 2 atom stereocenters. The lowest BCUT2D eigenvalue weighted by Gasteiger charge is -2.39. The van der Waals surface area contributed by atoms with Gasteiger partial charge in [-0.25, -0.2) is 4.39 Å². The summed E-state index contributed by atoms with van der Waals surface area (Å²) in [5.41, 5.74) is 0.984. The molecule has 0 radical (unpaired) electrons. The maximum absolute atomic E-state index is 13.1.